The second kappa shape index (κ2) is 4.68. The molecular weight excluding hydrogens is 268 g/mol. The van der Waals surface area contributed by atoms with Gasteiger partial charge in [-0.25, -0.2) is 0 Å². The van der Waals surface area contributed by atoms with Crippen LogP contribution in [0, 0.1) is 0 Å². The normalized spacial score (nSPS) is 22.1. The van der Waals surface area contributed by atoms with Gasteiger partial charge in [-0.15, -0.1) is 0 Å². The van der Waals surface area contributed by atoms with Crippen LogP contribution in [0.1, 0.15) is 58.5 Å². The van der Waals surface area contributed by atoms with Crippen molar-refractivity contribution in [2.24, 2.45) is 0 Å². The van der Waals surface area contributed by atoms with Crippen LogP contribution in [0.5, 0.6) is 0 Å². The molecule has 0 saturated carbocycles. The molecule has 20 heavy (non-hydrogen) atoms. The number of rotatable bonds is 3. The van der Waals surface area contributed by atoms with Gasteiger partial charge in [0, 0.05) is 6.42 Å². The maximum Gasteiger partial charge on any atom is 0.192 e. The van der Waals surface area contributed by atoms with E-state index < -0.39 is 14.4 Å². The van der Waals surface area contributed by atoms with Crippen molar-refractivity contribution >= 4 is 8.32 Å². The summed E-state index contributed by atoms with van der Waals surface area (Å²) < 4.78 is 8.16. The third-order valence-corrected chi connectivity index (χ3v) is 9.26. The fraction of sp³-hybridized carbons (Fsp3) is 0.800. The number of fused-ring (bicyclic) bond motifs is 1. The predicted molar refractivity (Wildman–Crippen MR) is 83.1 cm³/mol. The van der Waals surface area contributed by atoms with E-state index >= 15 is 0 Å². The summed E-state index contributed by atoms with van der Waals surface area (Å²) in [5.74, 6) is 0. The lowest BCUT2D eigenvalue weighted by molar-refractivity contribution is 0.156. The summed E-state index contributed by atoms with van der Waals surface area (Å²) in [6.07, 6.45) is 0.331. The van der Waals surface area contributed by atoms with Crippen molar-refractivity contribution in [2.75, 3.05) is 0 Å². The van der Waals surface area contributed by atoms with Gasteiger partial charge in [-0.05, 0) is 38.0 Å². The van der Waals surface area contributed by atoms with Crippen molar-refractivity contribution in [3.8, 4) is 0 Å². The molecule has 0 bridgehead atoms. The van der Waals surface area contributed by atoms with Crippen LogP contribution >= 0.6 is 0 Å². The molecule has 2 heterocycles. The molecule has 0 amide bonds. The first-order valence-electron chi connectivity index (χ1n) is 7.35. The van der Waals surface area contributed by atoms with E-state index in [4.69, 9.17) is 4.43 Å². The van der Waals surface area contributed by atoms with Gasteiger partial charge in [0.2, 0.25) is 0 Å². The van der Waals surface area contributed by atoms with E-state index in [1.165, 1.54) is 0 Å². The van der Waals surface area contributed by atoms with Crippen LogP contribution in [0.15, 0.2) is 6.07 Å². The Bertz CT molecular complexity index is 500. The van der Waals surface area contributed by atoms with Crippen LogP contribution in [-0.4, -0.2) is 23.2 Å². The highest BCUT2D eigenvalue weighted by molar-refractivity contribution is 6.74. The van der Waals surface area contributed by atoms with E-state index in [9.17, 15) is 5.11 Å². The van der Waals surface area contributed by atoms with E-state index in [1.807, 2.05) is 10.7 Å². The molecule has 0 spiro atoms. The largest absolute Gasteiger partial charge is 0.411 e. The Morgan fingerprint density at radius 2 is 2.05 bits per heavy atom. The van der Waals surface area contributed by atoms with Gasteiger partial charge >= 0.3 is 0 Å². The lowest BCUT2D eigenvalue weighted by atomic mass is 10.0. The average Bonchev–Trinajstić information content (AvgIpc) is 2.76. The van der Waals surface area contributed by atoms with Crippen molar-refractivity contribution in [1.82, 2.24) is 9.78 Å². The molecule has 1 unspecified atom stereocenters. The van der Waals surface area contributed by atoms with Crippen LogP contribution in [0.3, 0.4) is 0 Å². The summed E-state index contributed by atoms with van der Waals surface area (Å²) in [5, 5.41) is 14.9. The molecule has 114 valence electrons. The Hall–Kier alpha value is -0.653. The van der Waals surface area contributed by atoms with Crippen LogP contribution in [-0.2, 0) is 16.6 Å². The molecule has 1 aliphatic heterocycles. The fourth-order valence-electron chi connectivity index (χ4n) is 2.37. The quantitative estimate of drug-likeness (QED) is 0.867. The molecule has 1 aromatic heterocycles. The summed E-state index contributed by atoms with van der Waals surface area (Å²) in [6.45, 7) is 16.0. The number of nitrogens with zero attached hydrogens (tertiary/aromatic N) is 2. The highest BCUT2D eigenvalue weighted by atomic mass is 28.4. The first kappa shape index (κ1) is 15.7. The van der Waals surface area contributed by atoms with Gasteiger partial charge in [0.15, 0.2) is 8.32 Å². The fourth-order valence-corrected chi connectivity index (χ4v) is 3.32. The molecule has 4 nitrogen and oxygen atoms in total. The third kappa shape index (κ3) is 2.71. The maximum atomic E-state index is 10.1. The number of hydrogen-bond acceptors (Lipinski definition) is 3. The SMILES string of the molecule is CC1(C)CC(O)c2cc(CO[Si](C)(C)C(C)(C)C)nn21. The molecule has 0 aliphatic carbocycles. The topological polar surface area (TPSA) is 47.3 Å². The Kier molecular flexibility index (Phi) is 3.68. The second-order valence-electron chi connectivity index (χ2n) is 8.05. The van der Waals surface area contributed by atoms with Gasteiger partial charge in [0.1, 0.15) is 0 Å². The molecule has 2 rings (SSSR count). The summed E-state index contributed by atoms with van der Waals surface area (Å²) in [7, 11) is -1.75. The van der Waals surface area contributed by atoms with E-state index in [-0.39, 0.29) is 10.6 Å². The Morgan fingerprint density at radius 1 is 1.45 bits per heavy atom. The summed E-state index contributed by atoms with van der Waals surface area (Å²) in [6, 6.07) is 1.99. The van der Waals surface area contributed by atoms with Gasteiger partial charge in [-0.3, -0.25) is 4.68 Å². The Balaban J connectivity index is 2.13. The molecular formula is C15H28N2O2Si. The standard InChI is InChI=1S/C15H28N2O2Si/c1-14(2,3)20(6,7)19-10-11-8-12-13(18)9-15(4,5)17(12)16-11/h8,13,18H,9-10H2,1-7H3. The predicted octanol–water partition coefficient (Wildman–Crippen LogP) is 3.58. The smallest absolute Gasteiger partial charge is 0.192 e. The van der Waals surface area contributed by atoms with Crippen molar-refractivity contribution in [3.63, 3.8) is 0 Å². The molecule has 0 radical (unpaired) electrons. The van der Waals surface area contributed by atoms with Gasteiger partial charge in [-0.1, -0.05) is 20.8 Å². The minimum atomic E-state index is -1.75. The maximum absolute atomic E-state index is 10.1. The van der Waals surface area contributed by atoms with Crippen molar-refractivity contribution in [1.29, 1.82) is 0 Å². The van der Waals surface area contributed by atoms with Crippen LogP contribution in [0.25, 0.3) is 0 Å². The van der Waals surface area contributed by atoms with Gasteiger partial charge in [0.25, 0.3) is 0 Å². The number of hydrogen-bond donors (Lipinski definition) is 1. The van der Waals surface area contributed by atoms with E-state index in [0.29, 0.717) is 6.61 Å². The molecule has 0 aromatic carbocycles. The first-order valence-corrected chi connectivity index (χ1v) is 10.3. The highest BCUT2D eigenvalue weighted by Crippen LogP contribution is 2.39. The minimum Gasteiger partial charge on any atom is -0.411 e. The number of aliphatic hydroxyl groups is 1. The number of aromatic nitrogens is 2. The molecule has 1 atom stereocenters. The van der Waals surface area contributed by atoms with E-state index in [0.717, 1.165) is 17.8 Å². The summed E-state index contributed by atoms with van der Waals surface area (Å²) >= 11 is 0. The van der Waals surface area contributed by atoms with E-state index in [2.05, 4.69) is 52.8 Å². The first-order chi connectivity index (χ1) is 8.94. The monoisotopic (exact) mass is 296 g/mol. The zero-order valence-electron chi connectivity index (χ0n) is 13.8. The molecule has 1 N–H and O–H groups in total. The second-order valence-corrected chi connectivity index (χ2v) is 12.9. The lowest BCUT2D eigenvalue weighted by Gasteiger charge is -2.35. The van der Waals surface area contributed by atoms with Crippen molar-refractivity contribution in [3.05, 3.63) is 17.5 Å². The molecule has 1 aromatic rings. The third-order valence-electron chi connectivity index (χ3n) is 4.78. The molecule has 5 heteroatoms. The van der Waals surface area contributed by atoms with Gasteiger partial charge in [0.05, 0.1) is 29.6 Å². The Morgan fingerprint density at radius 3 is 2.55 bits per heavy atom. The lowest BCUT2D eigenvalue weighted by Crippen LogP contribution is -2.40. The van der Waals surface area contributed by atoms with Gasteiger partial charge < -0.3 is 9.53 Å². The van der Waals surface area contributed by atoms with E-state index in [1.54, 1.807) is 0 Å². The zero-order valence-corrected chi connectivity index (χ0v) is 14.8. The van der Waals surface area contributed by atoms with Crippen molar-refractivity contribution in [2.45, 2.75) is 77.4 Å². The summed E-state index contributed by atoms with van der Waals surface area (Å²) in [5.41, 5.74) is 1.74. The van der Waals surface area contributed by atoms with Crippen molar-refractivity contribution < 1.29 is 9.53 Å². The average molecular weight is 296 g/mol. The van der Waals surface area contributed by atoms with Crippen LogP contribution < -0.4 is 0 Å². The molecule has 1 aliphatic rings. The van der Waals surface area contributed by atoms with Gasteiger partial charge in [-0.2, -0.15) is 5.10 Å². The number of aliphatic hydroxyl groups excluding tert-OH is 1. The highest BCUT2D eigenvalue weighted by Gasteiger charge is 2.39. The molecule has 0 fully saturated rings. The van der Waals surface area contributed by atoms with Crippen LogP contribution in [0.2, 0.25) is 18.1 Å². The Labute approximate surface area is 123 Å². The zero-order chi connectivity index (χ0) is 15.3. The minimum absolute atomic E-state index is 0.107. The molecule has 0 saturated heterocycles. The van der Waals surface area contributed by atoms with Crippen LogP contribution in [0.4, 0.5) is 0 Å². The summed E-state index contributed by atoms with van der Waals surface area (Å²) in [4.78, 5) is 0.